The molecule has 174 valence electrons. The fourth-order valence-electron chi connectivity index (χ4n) is 4.36. The first-order valence-corrected chi connectivity index (χ1v) is 11.6. The Morgan fingerprint density at radius 3 is 2.25 bits per heavy atom. The van der Waals surface area contributed by atoms with E-state index in [4.69, 9.17) is 0 Å². The lowest BCUT2D eigenvalue weighted by Gasteiger charge is -2.47. The molecule has 0 saturated carbocycles. The Balaban J connectivity index is 1.82. The predicted octanol–water partition coefficient (Wildman–Crippen LogP) is 2.47. The van der Waals surface area contributed by atoms with Crippen LogP contribution in [0.3, 0.4) is 0 Å². The van der Waals surface area contributed by atoms with Crippen molar-refractivity contribution in [2.75, 3.05) is 33.2 Å². The molecule has 0 spiro atoms. The first kappa shape index (κ1) is 24.0. The molecule has 2 heterocycles. The van der Waals surface area contributed by atoms with Gasteiger partial charge in [0.15, 0.2) is 10.3 Å². The standard InChI is InChI=1S/C23H33N5O3S/c1-22(2,3)23(25-21(30)31,17-9-7-6-8-10-17)19(29)28-13-11-27(12-14-28)15-18-16-32-20(24-4)26(18)5/h6-10,16,25H,11-15H2,1-5H3,(H,30,31)/t23-/m1/s1. The normalized spacial score (nSPS) is 17.8. The van der Waals surface area contributed by atoms with E-state index in [1.807, 2.05) is 58.2 Å². The summed E-state index contributed by atoms with van der Waals surface area (Å²) in [7, 11) is 3.81. The summed E-state index contributed by atoms with van der Waals surface area (Å²) in [5.74, 6) is -0.202. The number of nitrogens with zero attached hydrogens (tertiary/aromatic N) is 4. The molecule has 2 amide bonds. The summed E-state index contributed by atoms with van der Waals surface area (Å²) in [6, 6.07) is 9.18. The molecular weight excluding hydrogens is 426 g/mol. The van der Waals surface area contributed by atoms with Crippen molar-refractivity contribution in [1.29, 1.82) is 0 Å². The van der Waals surface area contributed by atoms with Crippen LogP contribution in [0.25, 0.3) is 0 Å². The summed E-state index contributed by atoms with van der Waals surface area (Å²) in [4.78, 5) is 35.1. The highest BCUT2D eigenvalue weighted by molar-refractivity contribution is 7.07. The number of nitrogens with one attached hydrogen (secondary N) is 1. The average Bonchev–Trinajstić information content (AvgIpc) is 3.11. The minimum absolute atomic E-state index is 0.202. The van der Waals surface area contributed by atoms with E-state index in [-0.39, 0.29) is 5.91 Å². The fraction of sp³-hybridized carbons (Fsp3) is 0.522. The molecule has 0 radical (unpaired) electrons. The van der Waals surface area contributed by atoms with Crippen LogP contribution < -0.4 is 10.1 Å². The van der Waals surface area contributed by atoms with Crippen LogP contribution in [-0.4, -0.2) is 64.7 Å². The van der Waals surface area contributed by atoms with Crippen LogP contribution >= 0.6 is 11.3 Å². The molecule has 1 aliphatic rings. The van der Waals surface area contributed by atoms with Gasteiger partial charge in [-0.25, -0.2) is 4.79 Å². The summed E-state index contributed by atoms with van der Waals surface area (Å²) >= 11 is 1.62. The lowest BCUT2D eigenvalue weighted by atomic mass is 9.68. The number of hydrogen-bond donors (Lipinski definition) is 2. The van der Waals surface area contributed by atoms with E-state index >= 15 is 0 Å². The van der Waals surface area contributed by atoms with Gasteiger partial charge in [-0.2, -0.15) is 0 Å². The largest absolute Gasteiger partial charge is 0.465 e. The van der Waals surface area contributed by atoms with Crippen LogP contribution in [-0.2, 0) is 23.9 Å². The average molecular weight is 460 g/mol. The molecule has 0 bridgehead atoms. The maximum absolute atomic E-state index is 13.9. The van der Waals surface area contributed by atoms with Crippen molar-refractivity contribution in [3.63, 3.8) is 0 Å². The summed E-state index contributed by atoms with van der Waals surface area (Å²) in [6.07, 6.45) is -1.21. The molecule has 1 aromatic carbocycles. The maximum atomic E-state index is 13.9. The van der Waals surface area contributed by atoms with Crippen LogP contribution in [0.15, 0.2) is 40.7 Å². The SMILES string of the molecule is CN=c1scc(CN2CCN(C(=O)[C@](NC(=O)O)(c3ccccc3)C(C)(C)C)CC2)n1C. The molecule has 2 N–H and O–H groups in total. The highest BCUT2D eigenvalue weighted by Crippen LogP contribution is 2.41. The maximum Gasteiger partial charge on any atom is 0.405 e. The van der Waals surface area contributed by atoms with Crippen LogP contribution in [0.4, 0.5) is 4.79 Å². The van der Waals surface area contributed by atoms with E-state index in [9.17, 15) is 14.7 Å². The third-order valence-electron chi connectivity index (χ3n) is 6.20. The Morgan fingerprint density at radius 2 is 1.75 bits per heavy atom. The van der Waals surface area contributed by atoms with Crippen molar-refractivity contribution < 1.29 is 14.7 Å². The van der Waals surface area contributed by atoms with Gasteiger partial charge in [0.25, 0.3) is 5.91 Å². The molecule has 32 heavy (non-hydrogen) atoms. The summed E-state index contributed by atoms with van der Waals surface area (Å²) in [5, 5.41) is 14.4. The highest BCUT2D eigenvalue weighted by atomic mass is 32.1. The van der Waals surface area contributed by atoms with E-state index in [0.29, 0.717) is 18.7 Å². The molecule has 1 fully saturated rings. The van der Waals surface area contributed by atoms with Gasteiger partial charge < -0.3 is 19.9 Å². The Bertz CT molecular complexity index is 1020. The van der Waals surface area contributed by atoms with Crippen molar-refractivity contribution in [3.05, 3.63) is 51.8 Å². The van der Waals surface area contributed by atoms with E-state index in [1.165, 1.54) is 5.69 Å². The number of carbonyl (C=O) groups is 2. The molecule has 2 aromatic rings. The molecule has 1 aliphatic heterocycles. The van der Waals surface area contributed by atoms with Crippen LogP contribution in [0.2, 0.25) is 0 Å². The second kappa shape index (κ2) is 9.46. The van der Waals surface area contributed by atoms with Crippen LogP contribution in [0.5, 0.6) is 0 Å². The molecule has 9 heteroatoms. The molecule has 8 nitrogen and oxygen atoms in total. The first-order valence-electron chi connectivity index (χ1n) is 10.7. The van der Waals surface area contributed by atoms with Gasteiger partial charge in [0.2, 0.25) is 0 Å². The number of hydrogen-bond acceptors (Lipinski definition) is 5. The highest BCUT2D eigenvalue weighted by Gasteiger charge is 2.53. The summed E-state index contributed by atoms with van der Waals surface area (Å²) < 4.78 is 2.10. The Morgan fingerprint density at radius 1 is 1.12 bits per heavy atom. The molecule has 0 aliphatic carbocycles. The van der Waals surface area contributed by atoms with Crippen molar-refractivity contribution in [2.45, 2.75) is 32.9 Å². The third kappa shape index (κ3) is 4.59. The summed E-state index contributed by atoms with van der Waals surface area (Å²) in [6.45, 7) is 9.03. The Kier molecular flexibility index (Phi) is 7.09. The van der Waals surface area contributed by atoms with Gasteiger partial charge in [-0.1, -0.05) is 51.1 Å². The molecule has 1 aromatic heterocycles. The van der Waals surface area contributed by atoms with Crippen LogP contribution in [0.1, 0.15) is 32.0 Å². The van der Waals surface area contributed by atoms with Crippen molar-refractivity contribution >= 4 is 23.3 Å². The minimum Gasteiger partial charge on any atom is -0.465 e. The monoisotopic (exact) mass is 459 g/mol. The van der Waals surface area contributed by atoms with Crippen molar-refractivity contribution in [3.8, 4) is 0 Å². The molecule has 1 atom stereocenters. The zero-order valence-corrected chi connectivity index (χ0v) is 20.3. The van der Waals surface area contributed by atoms with Crippen LogP contribution in [0, 0.1) is 5.41 Å². The van der Waals surface area contributed by atoms with Gasteiger partial charge in [-0.05, 0) is 11.0 Å². The number of amides is 2. The topological polar surface area (TPSA) is 90.2 Å². The van der Waals surface area contributed by atoms with Gasteiger partial charge in [0, 0.05) is 57.9 Å². The van der Waals surface area contributed by atoms with E-state index in [2.05, 4.69) is 25.2 Å². The minimum atomic E-state index is -1.38. The summed E-state index contributed by atoms with van der Waals surface area (Å²) in [5.41, 5.74) is -0.204. The fourth-order valence-corrected chi connectivity index (χ4v) is 5.22. The lowest BCUT2D eigenvalue weighted by molar-refractivity contribution is -0.145. The Labute approximate surface area is 193 Å². The zero-order valence-electron chi connectivity index (χ0n) is 19.5. The predicted molar refractivity (Wildman–Crippen MR) is 125 cm³/mol. The zero-order chi connectivity index (χ0) is 23.5. The Hall–Kier alpha value is -2.65. The van der Waals surface area contributed by atoms with Gasteiger partial charge in [-0.3, -0.25) is 14.7 Å². The number of piperazine rings is 1. The second-order valence-corrected chi connectivity index (χ2v) is 9.99. The molecule has 1 saturated heterocycles. The second-order valence-electron chi connectivity index (χ2n) is 9.16. The molecule has 3 rings (SSSR count). The number of carbonyl (C=O) groups excluding carboxylic acids is 1. The van der Waals surface area contributed by atoms with E-state index in [0.717, 1.165) is 24.4 Å². The van der Waals surface area contributed by atoms with Gasteiger partial charge in [-0.15, -0.1) is 11.3 Å². The number of rotatable bonds is 5. The van der Waals surface area contributed by atoms with Gasteiger partial charge >= 0.3 is 6.09 Å². The third-order valence-corrected chi connectivity index (χ3v) is 7.26. The van der Waals surface area contributed by atoms with Crippen molar-refractivity contribution in [1.82, 2.24) is 19.7 Å². The number of thiazole rings is 1. The number of carboxylic acid groups (broad SMARTS) is 1. The number of benzene rings is 1. The lowest BCUT2D eigenvalue weighted by Crippen LogP contribution is -2.65. The van der Waals surface area contributed by atoms with Gasteiger partial charge in [0.05, 0.1) is 0 Å². The molecular formula is C23H33N5O3S. The smallest absolute Gasteiger partial charge is 0.405 e. The quantitative estimate of drug-likeness (QED) is 0.719. The van der Waals surface area contributed by atoms with Crippen molar-refractivity contribution in [2.24, 2.45) is 17.5 Å². The number of aromatic nitrogens is 1. The van der Waals surface area contributed by atoms with Gasteiger partial charge in [0.1, 0.15) is 0 Å². The molecule has 0 unspecified atom stereocenters. The van der Waals surface area contributed by atoms with E-state index in [1.54, 1.807) is 23.3 Å². The first-order chi connectivity index (χ1) is 15.1. The van der Waals surface area contributed by atoms with E-state index < -0.39 is 17.0 Å².